The molecule has 3 heteroatoms. The van der Waals surface area contributed by atoms with Crippen LogP contribution in [0.2, 0.25) is 0 Å². The van der Waals surface area contributed by atoms with Crippen molar-refractivity contribution in [2.24, 2.45) is 11.8 Å². The van der Waals surface area contributed by atoms with Crippen LogP contribution < -0.4 is 0 Å². The minimum absolute atomic E-state index is 0.207. The Balaban J connectivity index is 2.28. The first-order valence-corrected chi connectivity index (χ1v) is 6.04. The lowest BCUT2D eigenvalue weighted by molar-refractivity contribution is 0.471. The number of aryl methyl sites for hydroxylation is 1. The third kappa shape index (κ3) is 2.22. The standard InChI is InChI=1S/C13H15ClF2/c1-7-5-12(16)10(6-11(7)15)13(14)8(2)9-3-4-9/h5-6,8-9,13H,3-4H2,1-2H3. The lowest BCUT2D eigenvalue weighted by Gasteiger charge is -2.18. The molecular formula is C13H15ClF2. The van der Waals surface area contributed by atoms with Crippen molar-refractivity contribution >= 4 is 11.6 Å². The second-order valence-corrected chi connectivity index (χ2v) is 5.19. The zero-order valence-corrected chi connectivity index (χ0v) is 10.2. The number of alkyl halides is 1. The SMILES string of the molecule is Cc1cc(F)c(C(Cl)C(C)C2CC2)cc1F. The molecule has 0 amide bonds. The molecule has 0 saturated heterocycles. The Morgan fingerprint density at radius 2 is 1.88 bits per heavy atom. The molecule has 2 rings (SSSR count). The van der Waals surface area contributed by atoms with Gasteiger partial charge in [0.2, 0.25) is 0 Å². The van der Waals surface area contributed by atoms with Gasteiger partial charge in [-0.3, -0.25) is 0 Å². The van der Waals surface area contributed by atoms with Crippen LogP contribution in [0.4, 0.5) is 8.78 Å². The summed E-state index contributed by atoms with van der Waals surface area (Å²) in [6, 6.07) is 2.46. The molecule has 1 fully saturated rings. The quantitative estimate of drug-likeness (QED) is 0.682. The van der Waals surface area contributed by atoms with E-state index in [1.165, 1.54) is 12.1 Å². The zero-order chi connectivity index (χ0) is 11.9. The summed E-state index contributed by atoms with van der Waals surface area (Å²) in [6.07, 6.45) is 2.31. The molecule has 0 bridgehead atoms. The molecule has 0 heterocycles. The Hall–Kier alpha value is -0.630. The van der Waals surface area contributed by atoms with E-state index in [1.807, 2.05) is 6.92 Å². The summed E-state index contributed by atoms with van der Waals surface area (Å²) < 4.78 is 27.0. The second-order valence-electron chi connectivity index (χ2n) is 4.72. The van der Waals surface area contributed by atoms with Gasteiger partial charge in [-0.25, -0.2) is 8.78 Å². The van der Waals surface area contributed by atoms with Crippen LogP contribution in [-0.4, -0.2) is 0 Å². The highest BCUT2D eigenvalue weighted by Crippen LogP contribution is 2.45. The number of rotatable bonds is 3. The van der Waals surface area contributed by atoms with Crippen LogP contribution in [0.15, 0.2) is 12.1 Å². The molecule has 0 aliphatic heterocycles. The lowest BCUT2D eigenvalue weighted by atomic mass is 9.95. The van der Waals surface area contributed by atoms with Crippen LogP contribution in [-0.2, 0) is 0 Å². The van der Waals surface area contributed by atoms with Crippen LogP contribution in [0.5, 0.6) is 0 Å². The minimum Gasteiger partial charge on any atom is -0.207 e. The summed E-state index contributed by atoms with van der Waals surface area (Å²) in [5.74, 6) is 0.000911. The molecule has 2 atom stereocenters. The van der Waals surface area contributed by atoms with E-state index in [9.17, 15) is 8.78 Å². The molecule has 1 aromatic carbocycles. The summed E-state index contributed by atoms with van der Waals surface area (Å²) in [7, 11) is 0. The molecule has 88 valence electrons. The molecule has 2 unspecified atom stereocenters. The highest BCUT2D eigenvalue weighted by atomic mass is 35.5. The van der Waals surface area contributed by atoms with Crippen molar-refractivity contribution < 1.29 is 8.78 Å². The third-order valence-corrected chi connectivity index (χ3v) is 4.03. The maximum Gasteiger partial charge on any atom is 0.128 e. The smallest absolute Gasteiger partial charge is 0.128 e. The van der Waals surface area contributed by atoms with Crippen molar-refractivity contribution in [1.82, 2.24) is 0 Å². The summed E-state index contributed by atoms with van der Waals surface area (Å²) in [5.41, 5.74) is 0.619. The number of hydrogen-bond donors (Lipinski definition) is 0. The van der Waals surface area contributed by atoms with Gasteiger partial charge in [0.25, 0.3) is 0 Å². The Bertz CT molecular complexity index is 399. The van der Waals surface area contributed by atoms with Gasteiger partial charge in [0.1, 0.15) is 11.6 Å². The van der Waals surface area contributed by atoms with E-state index in [-0.39, 0.29) is 11.7 Å². The van der Waals surface area contributed by atoms with Gasteiger partial charge in [-0.1, -0.05) is 6.92 Å². The molecule has 16 heavy (non-hydrogen) atoms. The maximum atomic E-state index is 13.7. The zero-order valence-electron chi connectivity index (χ0n) is 9.43. The van der Waals surface area contributed by atoms with Crippen LogP contribution in [0.3, 0.4) is 0 Å². The molecular weight excluding hydrogens is 230 g/mol. The van der Waals surface area contributed by atoms with Gasteiger partial charge in [-0.2, -0.15) is 0 Å². The van der Waals surface area contributed by atoms with Gasteiger partial charge in [0, 0.05) is 5.56 Å². The number of benzene rings is 1. The Labute approximate surface area is 99.6 Å². The fourth-order valence-corrected chi connectivity index (χ4v) is 2.39. The number of hydrogen-bond acceptors (Lipinski definition) is 0. The van der Waals surface area contributed by atoms with Crippen LogP contribution in [0.1, 0.15) is 36.3 Å². The van der Waals surface area contributed by atoms with E-state index in [2.05, 4.69) is 0 Å². The first-order chi connectivity index (χ1) is 7.50. The van der Waals surface area contributed by atoms with E-state index < -0.39 is 11.2 Å². The van der Waals surface area contributed by atoms with E-state index in [0.29, 0.717) is 17.0 Å². The van der Waals surface area contributed by atoms with Crippen molar-refractivity contribution in [3.63, 3.8) is 0 Å². The Kier molecular flexibility index (Phi) is 3.20. The van der Waals surface area contributed by atoms with Crippen LogP contribution in [0.25, 0.3) is 0 Å². The van der Waals surface area contributed by atoms with Gasteiger partial charge in [0.15, 0.2) is 0 Å². The molecule has 0 radical (unpaired) electrons. The fraction of sp³-hybridized carbons (Fsp3) is 0.538. The van der Waals surface area contributed by atoms with Crippen molar-refractivity contribution in [1.29, 1.82) is 0 Å². The highest BCUT2D eigenvalue weighted by Gasteiger charge is 2.34. The summed E-state index contributed by atoms with van der Waals surface area (Å²) in [4.78, 5) is 0. The Morgan fingerprint density at radius 3 is 2.44 bits per heavy atom. The topological polar surface area (TPSA) is 0 Å². The van der Waals surface area contributed by atoms with E-state index in [0.717, 1.165) is 12.8 Å². The van der Waals surface area contributed by atoms with E-state index >= 15 is 0 Å². The van der Waals surface area contributed by atoms with Crippen molar-refractivity contribution in [3.8, 4) is 0 Å². The normalized spacial score (nSPS) is 19.6. The number of halogens is 3. The first-order valence-electron chi connectivity index (χ1n) is 5.60. The van der Waals surface area contributed by atoms with Gasteiger partial charge in [-0.05, 0) is 49.3 Å². The molecule has 0 spiro atoms. The van der Waals surface area contributed by atoms with Crippen molar-refractivity contribution in [2.75, 3.05) is 0 Å². The average molecular weight is 245 g/mol. The van der Waals surface area contributed by atoms with Crippen LogP contribution >= 0.6 is 11.6 Å². The Morgan fingerprint density at radius 1 is 1.25 bits per heavy atom. The predicted octanol–water partition coefficient (Wildman–Crippen LogP) is 4.60. The first kappa shape index (κ1) is 11.8. The maximum absolute atomic E-state index is 13.7. The molecule has 1 aliphatic rings. The monoisotopic (exact) mass is 244 g/mol. The summed E-state index contributed by atoms with van der Waals surface area (Å²) >= 11 is 6.21. The molecule has 1 aliphatic carbocycles. The van der Waals surface area contributed by atoms with Crippen LogP contribution in [0, 0.1) is 30.4 Å². The van der Waals surface area contributed by atoms with Gasteiger partial charge < -0.3 is 0 Å². The highest BCUT2D eigenvalue weighted by molar-refractivity contribution is 6.21. The summed E-state index contributed by atoms with van der Waals surface area (Å²) in [5, 5.41) is -0.428. The predicted molar refractivity (Wildman–Crippen MR) is 61.6 cm³/mol. The van der Waals surface area contributed by atoms with Crippen molar-refractivity contribution in [2.45, 2.75) is 32.1 Å². The van der Waals surface area contributed by atoms with Gasteiger partial charge in [-0.15, -0.1) is 11.6 Å². The second kappa shape index (κ2) is 4.33. The molecule has 0 nitrogen and oxygen atoms in total. The largest absolute Gasteiger partial charge is 0.207 e. The molecule has 1 saturated carbocycles. The molecule has 0 aromatic heterocycles. The average Bonchev–Trinajstić information content (AvgIpc) is 3.05. The third-order valence-electron chi connectivity index (χ3n) is 3.40. The lowest BCUT2D eigenvalue weighted by Crippen LogP contribution is -2.09. The van der Waals surface area contributed by atoms with Crippen molar-refractivity contribution in [3.05, 3.63) is 34.9 Å². The molecule has 1 aromatic rings. The van der Waals surface area contributed by atoms with Gasteiger partial charge >= 0.3 is 0 Å². The fourth-order valence-electron chi connectivity index (χ4n) is 2.02. The van der Waals surface area contributed by atoms with E-state index in [4.69, 9.17) is 11.6 Å². The minimum atomic E-state index is -0.428. The summed E-state index contributed by atoms with van der Waals surface area (Å²) in [6.45, 7) is 3.56. The van der Waals surface area contributed by atoms with Gasteiger partial charge in [0.05, 0.1) is 5.38 Å². The van der Waals surface area contributed by atoms with E-state index in [1.54, 1.807) is 6.92 Å². The molecule has 0 N–H and O–H groups in total.